The van der Waals surface area contributed by atoms with Crippen molar-refractivity contribution in [1.29, 1.82) is 0 Å². The highest BCUT2D eigenvalue weighted by molar-refractivity contribution is 5.93. The molecule has 0 spiro atoms. The molecule has 3 rings (SSSR count). The number of rotatable bonds is 7. The average molecular weight is 415 g/mol. The van der Waals surface area contributed by atoms with Crippen LogP contribution in [0.2, 0.25) is 0 Å². The van der Waals surface area contributed by atoms with Crippen LogP contribution < -0.4 is 10.6 Å². The third-order valence-electron chi connectivity index (χ3n) is 6.74. The highest BCUT2D eigenvalue weighted by Crippen LogP contribution is 2.23. The summed E-state index contributed by atoms with van der Waals surface area (Å²) in [6.45, 7) is 10.5. The maximum Gasteiger partial charge on any atom is 0.238 e. The quantitative estimate of drug-likeness (QED) is 0.720. The van der Waals surface area contributed by atoms with Crippen LogP contribution in [0.1, 0.15) is 50.2 Å². The van der Waals surface area contributed by atoms with Crippen LogP contribution in [-0.2, 0) is 9.59 Å². The summed E-state index contributed by atoms with van der Waals surface area (Å²) >= 11 is 0. The number of hydrogen-bond acceptors (Lipinski definition) is 4. The van der Waals surface area contributed by atoms with Crippen LogP contribution in [0.4, 0.5) is 5.69 Å². The minimum atomic E-state index is -0.112. The van der Waals surface area contributed by atoms with Crippen molar-refractivity contribution in [3.8, 4) is 0 Å². The van der Waals surface area contributed by atoms with Gasteiger partial charge < -0.3 is 10.6 Å². The molecular weight excluding hydrogens is 376 g/mol. The molecule has 1 saturated heterocycles. The van der Waals surface area contributed by atoms with Crippen molar-refractivity contribution in [3.63, 3.8) is 0 Å². The third-order valence-corrected chi connectivity index (χ3v) is 6.74. The molecule has 0 bridgehead atoms. The van der Waals surface area contributed by atoms with Gasteiger partial charge in [0.15, 0.2) is 0 Å². The summed E-state index contributed by atoms with van der Waals surface area (Å²) in [7, 11) is 0. The molecule has 1 aromatic rings. The Morgan fingerprint density at radius 2 is 1.67 bits per heavy atom. The van der Waals surface area contributed by atoms with Crippen LogP contribution in [0.25, 0.3) is 0 Å². The predicted molar refractivity (Wildman–Crippen MR) is 122 cm³/mol. The minimum Gasteiger partial charge on any atom is -0.354 e. The second kappa shape index (κ2) is 10.9. The molecule has 1 aliphatic heterocycles. The second-order valence-corrected chi connectivity index (χ2v) is 9.05. The zero-order valence-electron chi connectivity index (χ0n) is 18.9. The standard InChI is InChI=1S/C24H38N4O2/c1-18-8-7-9-19(2)23(18)26-22(29)17-27-12-14-28(15-13-27)20(3)24(30)25-16-21-10-5-4-6-11-21/h7-9,20-21H,4-6,10-17H2,1-3H3,(H,25,30)(H,26,29)/t20-/m1/s1. The number of carbonyl (C=O) groups excluding carboxylic acids is 2. The summed E-state index contributed by atoms with van der Waals surface area (Å²) in [5.41, 5.74) is 3.09. The van der Waals surface area contributed by atoms with Crippen molar-refractivity contribution in [1.82, 2.24) is 15.1 Å². The predicted octanol–water partition coefficient (Wildman–Crippen LogP) is 2.94. The average Bonchev–Trinajstić information content (AvgIpc) is 2.75. The summed E-state index contributed by atoms with van der Waals surface area (Å²) in [4.78, 5) is 29.5. The van der Waals surface area contributed by atoms with Gasteiger partial charge in [-0.3, -0.25) is 19.4 Å². The van der Waals surface area contributed by atoms with E-state index in [-0.39, 0.29) is 17.9 Å². The van der Waals surface area contributed by atoms with Crippen molar-refractivity contribution in [3.05, 3.63) is 29.3 Å². The SMILES string of the molecule is Cc1cccc(C)c1NC(=O)CN1CCN([C@H](C)C(=O)NCC2CCCCC2)CC1. The first-order chi connectivity index (χ1) is 14.4. The van der Waals surface area contributed by atoms with E-state index in [1.807, 2.05) is 39.0 Å². The Labute approximate surface area is 181 Å². The summed E-state index contributed by atoms with van der Waals surface area (Å²) in [6.07, 6.45) is 6.44. The molecule has 1 aromatic carbocycles. The third kappa shape index (κ3) is 6.29. The molecule has 1 aliphatic carbocycles. The lowest BCUT2D eigenvalue weighted by Crippen LogP contribution is -2.55. The summed E-state index contributed by atoms with van der Waals surface area (Å²) in [5, 5.41) is 6.24. The molecule has 2 aliphatic rings. The number of carbonyl (C=O) groups is 2. The summed E-state index contributed by atoms with van der Waals surface area (Å²) in [5.74, 6) is 0.822. The van der Waals surface area contributed by atoms with Crippen molar-refractivity contribution in [2.24, 2.45) is 5.92 Å². The Morgan fingerprint density at radius 3 is 2.30 bits per heavy atom. The molecule has 6 heteroatoms. The van der Waals surface area contributed by atoms with Crippen molar-refractivity contribution in [2.45, 2.75) is 58.9 Å². The number of aryl methyl sites for hydroxylation is 2. The fourth-order valence-electron chi connectivity index (χ4n) is 4.65. The number of hydrogen-bond donors (Lipinski definition) is 2. The van der Waals surface area contributed by atoms with Gasteiger partial charge in [-0.2, -0.15) is 0 Å². The number of para-hydroxylation sites is 1. The Kier molecular flexibility index (Phi) is 8.28. The van der Waals surface area contributed by atoms with Crippen LogP contribution in [0, 0.1) is 19.8 Å². The molecule has 1 heterocycles. The van der Waals surface area contributed by atoms with Gasteiger partial charge in [0.05, 0.1) is 12.6 Å². The summed E-state index contributed by atoms with van der Waals surface area (Å²) < 4.78 is 0. The zero-order valence-corrected chi connectivity index (χ0v) is 18.9. The Bertz CT molecular complexity index is 702. The van der Waals surface area contributed by atoms with E-state index in [0.29, 0.717) is 12.5 Å². The van der Waals surface area contributed by atoms with E-state index in [4.69, 9.17) is 0 Å². The Balaban J connectivity index is 1.39. The van der Waals surface area contributed by atoms with E-state index in [0.717, 1.165) is 49.5 Å². The molecule has 1 atom stereocenters. The molecule has 0 radical (unpaired) electrons. The van der Waals surface area contributed by atoms with E-state index in [9.17, 15) is 9.59 Å². The fourth-order valence-corrected chi connectivity index (χ4v) is 4.65. The van der Waals surface area contributed by atoms with E-state index in [1.165, 1.54) is 32.1 Å². The van der Waals surface area contributed by atoms with Gasteiger partial charge in [-0.05, 0) is 50.7 Å². The Hall–Kier alpha value is -1.92. The monoisotopic (exact) mass is 414 g/mol. The van der Waals surface area contributed by atoms with Crippen molar-refractivity contribution in [2.75, 3.05) is 44.6 Å². The zero-order chi connectivity index (χ0) is 21.5. The molecule has 2 amide bonds. The van der Waals surface area contributed by atoms with Crippen LogP contribution in [0.5, 0.6) is 0 Å². The first-order valence-electron chi connectivity index (χ1n) is 11.5. The van der Waals surface area contributed by atoms with Crippen molar-refractivity contribution < 1.29 is 9.59 Å². The van der Waals surface area contributed by atoms with Gasteiger partial charge >= 0.3 is 0 Å². The second-order valence-electron chi connectivity index (χ2n) is 9.05. The minimum absolute atomic E-state index is 0.0270. The number of nitrogens with one attached hydrogen (secondary N) is 2. The maximum atomic E-state index is 12.6. The number of benzene rings is 1. The van der Waals surface area contributed by atoms with Crippen molar-refractivity contribution >= 4 is 17.5 Å². The molecule has 2 N–H and O–H groups in total. The number of nitrogens with zero attached hydrogens (tertiary/aromatic N) is 2. The van der Waals surface area contributed by atoms with Crippen LogP contribution in [0.3, 0.4) is 0 Å². The van der Waals surface area contributed by atoms with E-state index >= 15 is 0 Å². The molecule has 1 saturated carbocycles. The van der Waals surface area contributed by atoms with Gasteiger partial charge in [0, 0.05) is 38.4 Å². The normalized spacial score (nSPS) is 20.0. The van der Waals surface area contributed by atoms with E-state index in [1.54, 1.807) is 0 Å². The first kappa shape index (κ1) is 22.8. The van der Waals surface area contributed by atoms with Crippen LogP contribution in [-0.4, -0.2) is 66.9 Å². The van der Waals surface area contributed by atoms with Gasteiger partial charge in [0.2, 0.25) is 11.8 Å². The molecule has 30 heavy (non-hydrogen) atoms. The number of amides is 2. The van der Waals surface area contributed by atoms with Gasteiger partial charge in [0.25, 0.3) is 0 Å². The lowest BCUT2D eigenvalue weighted by molar-refractivity contribution is -0.127. The summed E-state index contributed by atoms with van der Waals surface area (Å²) in [6, 6.07) is 5.93. The number of piperazine rings is 1. The molecule has 2 fully saturated rings. The van der Waals surface area contributed by atoms with Gasteiger partial charge in [0.1, 0.15) is 0 Å². The highest BCUT2D eigenvalue weighted by Gasteiger charge is 2.27. The first-order valence-corrected chi connectivity index (χ1v) is 11.5. The van der Waals surface area contributed by atoms with Crippen LogP contribution >= 0.6 is 0 Å². The highest BCUT2D eigenvalue weighted by atomic mass is 16.2. The lowest BCUT2D eigenvalue weighted by atomic mass is 9.89. The molecule has 166 valence electrons. The lowest BCUT2D eigenvalue weighted by Gasteiger charge is -2.37. The largest absolute Gasteiger partial charge is 0.354 e. The van der Waals surface area contributed by atoms with Crippen LogP contribution in [0.15, 0.2) is 18.2 Å². The van der Waals surface area contributed by atoms with E-state index < -0.39 is 0 Å². The van der Waals surface area contributed by atoms with Gasteiger partial charge in [-0.1, -0.05) is 37.5 Å². The van der Waals surface area contributed by atoms with E-state index in [2.05, 4.69) is 20.4 Å². The molecule has 6 nitrogen and oxygen atoms in total. The van der Waals surface area contributed by atoms with Gasteiger partial charge in [-0.15, -0.1) is 0 Å². The molecule has 0 unspecified atom stereocenters. The smallest absolute Gasteiger partial charge is 0.238 e. The number of anilines is 1. The fraction of sp³-hybridized carbons (Fsp3) is 0.667. The Morgan fingerprint density at radius 1 is 1.03 bits per heavy atom. The maximum absolute atomic E-state index is 12.6. The molecular formula is C24H38N4O2. The van der Waals surface area contributed by atoms with Gasteiger partial charge in [-0.25, -0.2) is 0 Å². The topological polar surface area (TPSA) is 64.7 Å². The molecule has 0 aromatic heterocycles.